The number of carboxylic acid groups (broad SMARTS) is 1. The molecule has 2 aliphatic heterocycles. The smallest absolute Gasteiger partial charge is 0.364 e. The maximum absolute atomic E-state index is 12.2. The minimum atomic E-state index is -2.81. The van der Waals surface area contributed by atoms with Crippen LogP contribution in [0.15, 0.2) is 0 Å². The lowest BCUT2D eigenvalue weighted by Gasteiger charge is -2.49. The van der Waals surface area contributed by atoms with Crippen molar-refractivity contribution >= 4 is 11.9 Å². The molecule has 0 bridgehead atoms. The lowest BCUT2D eigenvalue weighted by atomic mass is 9.88. The van der Waals surface area contributed by atoms with Gasteiger partial charge >= 0.3 is 5.97 Å². The zero-order chi connectivity index (χ0) is 25.1. The number of nitrogens with one attached hydrogen (secondary N) is 1. The Kier molecular flexibility index (Phi) is 9.49. The van der Waals surface area contributed by atoms with E-state index in [0.29, 0.717) is 0 Å². The van der Waals surface area contributed by atoms with Crippen LogP contribution in [0.2, 0.25) is 0 Å². The van der Waals surface area contributed by atoms with Gasteiger partial charge in [0.1, 0.15) is 42.7 Å². The summed E-state index contributed by atoms with van der Waals surface area (Å²) in [6.45, 7) is -0.620. The molecule has 15 nitrogen and oxygen atoms in total. The first kappa shape index (κ1) is 27.7. The van der Waals surface area contributed by atoms with Crippen molar-refractivity contribution in [3.63, 3.8) is 0 Å². The Morgan fingerprint density at radius 1 is 1.18 bits per heavy atom. The van der Waals surface area contributed by atoms with Gasteiger partial charge in [-0.05, 0) is 0 Å². The van der Waals surface area contributed by atoms with Crippen molar-refractivity contribution in [2.45, 2.75) is 80.3 Å². The third-order valence-electron chi connectivity index (χ3n) is 5.57. The third kappa shape index (κ3) is 5.77. The molecule has 15 heteroatoms. The molecule has 11 atom stereocenters. The predicted octanol–water partition coefficient (Wildman–Crippen LogP) is -5.39. The molecule has 33 heavy (non-hydrogen) atoms. The molecule has 0 radical (unpaired) electrons. The largest absolute Gasteiger partial charge is 0.477 e. The van der Waals surface area contributed by atoms with E-state index in [0.717, 1.165) is 14.0 Å². The van der Waals surface area contributed by atoms with E-state index in [-0.39, 0.29) is 0 Å². The van der Waals surface area contributed by atoms with Crippen LogP contribution in [0.1, 0.15) is 13.3 Å². The van der Waals surface area contributed by atoms with E-state index in [1.807, 2.05) is 0 Å². The van der Waals surface area contributed by atoms with E-state index in [2.05, 4.69) is 5.32 Å². The van der Waals surface area contributed by atoms with E-state index in [1.165, 1.54) is 0 Å². The first-order chi connectivity index (χ1) is 15.4. The number of aliphatic hydroxyl groups is 7. The Hall–Kier alpha value is -1.50. The van der Waals surface area contributed by atoms with Crippen molar-refractivity contribution in [2.75, 3.05) is 20.3 Å². The predicted molar refractivity (Wildman–Crippen MR) is 102 cm³/mol. The van der Waals surface area contributed by atoms with Crippen LogP contribution in [0.4, 0.5) is 0 Å². The van der Waals surface area contributed by atoms with Crippen molar-refractivity contribution in [1.82, 2.24) is 5.32 Å². The molecule has 0 aromatic heterocycles. The SMILES string of the molecule is CO[C@@H]1O[C@H]([13CH2]O)[C@H](O)[C@H](O[C@]2(C(=O)O)C[C@H](O)[C@@H](NC(C)=O)[C@H]([C@H](O)[C@H](O)[13CH2]O)O2)[C@H]1O. The maximum atomic E-state index is 12.2. The average molecular weight is 487 g/mol. The zero-order valence-electron chi connectivity index (χ0n) is 17.9. The monoisotopic (exact) mass is 487 g/mol. The van der Waals surface area contributed by atoms with Crippen molar-refractivity contribution < 1.29 is 69.4 Å². The van der Waals surface area contributed by atoms with Gasteiger partial charge in [0.2, 0.25) is 5.91 Å². The number of rotatable bonds is 9. The summed E-state index contributed by atoms with van der Waals surface area (Å²) in [6.07, 6.45) is -16.3. The second kappa shape index (κ2) is 11.3. The fourth-order valence-corrected chi connectivity index (χ4v) is 3.86. The number of methoxy groups -OCH3 is 1. The molecule has 1 amide bonds. The van der Waals surface area contributed by atoms with Gasteiger partial charge in [0, 0.05) is 20.5 Å². The van der Waals surface area contributed by atoms with Crippen LogP contribution in [0.3, 0.4) is 0 Å². The van der Waals surface area contributed by atoms with Crippen molar-refractivity contribution in [2.24, 2.45) is 0 Å². The number of ether oxygens (including phenoxy) is 4. The summed E-state index contributed by atoms with van der Waals surface area (Å²) in [4.78, 5) is 23.8. The van der Waals surface area contributed by atoms with Gasteiger partial charge in [0.15, 0.2) is 6.29 Å². The minimum Gasteiger partial charge on any atom is -0.477 e. The van der Waals surface area contributed by atoms with Gasteiger partial charge in [0.05, 0.1) is 25.4 Å². The van der Waals surface area contributed by atoms with Crippen molar-refractivity contribution in [3.8, 4) is 0 Å². The number of aliphatic carboxylic acids is 1. The van der Waals surface area contributed by atoms with E-state index < -0.39 is 98.5 Å². The topological polar surface area (TPSA) is 245 Å². The second-order valence-corrected chi connectivity index (χ2v) is 7.90. The molecule has 2 aliphatic rings. The van der Waals surface area contributed by atoms with Gasteiger partial charge in [-0.2, -0.15) is 0 Å². The normalized spacial score (nSPS) is 41.2. The summed E-state index contributed by atoms with van der Waals surface area (Å²) in [7, 11) is 1.14. The van der Waals surface area contributed by atoms with Crippen molar-refractivity contribution in [3.05, 3.63) is 0 Å². The fraction of sp³-hybridized carbons (Fsp3) is 0.889. The Labute approximate surface area is 188 Å². The molecular weight excluding hydrogens is 456 g/mol. The fourth-order valence-electron chi connectivity index (χ4n) is 3.86. The van der Waals surface area contributed by atoms with E-state index in [9.17, 15) is 50.4 Å². The summed E-state index contributed by atoms with van der Waals surface area (Å²) in [5.74, 6) is -5.32. The molecule has 2 rings (SSSR count). The highest BCUT2D eigenvalue weighted by Gasteiger charge is 2.59. The standard InChI is InChI=1S/C18H31NO14/c1-6(22)19-10-7(23)3-18(17(28)29,32-14(10)11(25)8(24)4-20)33-15-12(26)9(5-21)31-16(30-2)13(15)27/h7-16,20-21,23-27H,3-5H2,1-2H3,(H,19,22)(H,28,29)/t7-,8+,9+,10+,11+,12-,13+,14+,15-,16+,18-/m0/s1/i4+1,5+1. The molecule has 2 heterocycles. The molecule has 9 N–H and O–H groups in total. The molecule has 2 fully saturated rings. The Morgan fingerprint density at radius 3 is 2.30 bits per heavy atom. The average Bonchev–Trinajstić information content (AvgIpc) is 2.77. The van der Waals surface area contributed by atoms with Gasteiger partial charge in [-0.3, -0.25) is 4.79 Å². The molecule has 0 unspecified atom stereocenters. The zero-order valence-corrected chi connectivity index (χ0v) is 17.9. The Balaban J connectivity index is 2.44. The quantitative estimate of drug-likeness (QED) is 0.138. The van der Waals surface area contributed by atoms with E-state index in [4.69, 9.17) is 18.9 Å². The summed E-state index contributed by atoms with van der Waals surface area (Å²) >= 11 is 0. The van der Waals surface area contributed by atoms with Gasteiger partial charge in [-0.15, -0.1) is 0 Å². The van der Waals surface area contributed by atoms with Crippen LogP contribution in [-0.4, -0.2) is 140 Å². The molecule has 0 aromatic carbocycles. The van der Waals surface area contributed by atoms with Crippen LogP contribution in [0.5, 0.6) is 0 Å². The Bertz CT molecular complexity index is 665. The molecule has 0 spiro atoms. The van der Waals surface area contributed by atoms with Crippen LogP contribution in [0, 0.1) is 0 Å². The van der Waals surface area contributed by atoms with Crippen molar-refractivity contribution in [1.29, 1.82) is 0 Å². The van der Waals surface area contributed by atoms with Gasteiger partial charge in [-0.1, -0.05) is 0 Å². The highest BCUT2D eigenvalue weighted by Crippen LogP contribution is 2.37. The van der Waals surface area contributed by atoms with Gasteiger partial charge in [0.25, 0.3) is 5.79 Å². The summed E-state index contributed by atoms with van der Waals surface area (Å²) in [5, 5.41) is 82.6. The number of hydrogen-bond donors (Lipinski definition) is 9. The maximum Gasteiger partial charge on any atom is 0.364 e. The summed E-state index contributed by atoms with van der Waals surface area (Å²) in [6, 6.07) is -1.42. The first-order valence-corrected chi connectivity index (χ1v) is 10.1. The van der Waals surface area contributed by atoms with Crippen LogP contribution in [0.25, 0.3) is 0 Å². The van der Waals surface area contributed by atoms with Gasteiger partial charge < -0.3 is 65.1 Å². The molecule has 0 aliphatic carbocycles. The number of amides is 1. The highest BCUT2D eigenvalue weighted by molar-refractivity contribution is 5.76. The third-order valence-corrected chi connectivity index (χ3v) is 5.57. The first-order valence-electron chi connectivity index (χ1n) is 10.1. The Morgan fingerprint density at radius 2 is 1.82 bits per heavy atom. The molecule has 2 saturated heterocycles. The number of carboxylic acids is 1. The molecular formula is C18H31NO14. The van der Waals surface area contributed by atoms with E-state index >= 15 is 0 Å². The van der Waals surface area contributed by atoms with Crippen LogP contribution in [-0.2, 0) is 28.5 Å². The summed E-state index contributed by atoms with van der Waals surface area (Å²) in [5.41, 5.74) is 0. The van der Waals surface area contributed by atoms with E-state index in [1.54, 1.807) is 0 Å². The van der Waals surface area contributed by atoms with Crippen LogP contribution < -0.4 is 5.32 Å². The number of hydrogen-bond acceptors (Lipinski definition) is 13. The number of carbonyl (C=O) groups is 2. The molecule has 0 aromatic rings. The second-order valence-electron chi connectivity index (χ2n) is 7.90. The highest BCUT2D eigenvalue weighted by atomic mass is 16.8. The number of carbonyl (C=O) groups excluding carboxylic acids is 1. The number of aliphatic hydroxyl groups excluding tert-OH is 7. The molecule has 192 valence electrons. The lowest BCUT2D eigenvalue weighted by Crippen LogP contribution is -2.70. The molecule has 0 saturated carbocycles. The lowest BCUT2D eigenvalue weighted by molar-refractivity contribution is -0.368. The summed E-state index contributed by atoms with van der Waals surface area (Å²) < 4.78 is 21.0. The van der Waals surface area contributed by atoms with Crippen LogP contribution >= 0.6 is 0 Å². The minimum absolute atomic E-state index is 0.675. The van der Waals surface area contributed by atoms with Gasteiger partial charge in [-0.25, -0.2) is 4.79 Å².